The van der Waals surface area contributed by atoms with Crippen LogP contribution in [0.4, 0.5) is 5.69 Å². The highest BCUT2D eigenvalue weighted by Gasteiger charge is 2.15. The molecule has 0 unspecified atom stereocenters. The second-order valence-electron chi connectivity index (χ2n) is 7.17. The van der Waals surface area contributed by atoms with E-state index in [0.717, 1.165) is 11.1 Å². The van der Waals surface area contributed by atoms with Gasteiger partial charge in [0.25, 0.3) is 0 Å². The first kappa shape index (κ1) is 21.4. The lowest BCUT2D eigenvalue weighted by Crippen LogP contribution is -2.21. The Balaban J connectivity index is 1.71. The van der Waals surface area contributed by atoms with Crippen molar-refractivity contribution in [1.29, 1.82) is 0 Å². The number of carbonyl (C=O) groups excluding carboxylic acids is 2. The highest BCUT2D eigenvalue weighted by Crippen LogP contribution is 2.27. The van der Waals surface area contributed by atoms with E-state index in [9.17, 15) is 9.59 Å². The summed E-state index contributed by atoms with van der Waals surface area (Å²) in [4.78, 5) is 25.7. The average Bonchev–Trinajstić information content (AvgIpc) is 3.12. The molecule has 0 atom stereocenters. The van der Waals surface area contributed by atoms with Crippen LogP contribution in [0.5, 0.6) is 0 Å². The Morgan fingerprint density at radius 1 is 1.20 bits per heavy atom. The predicted molar refractivity (Wildman–Crippen MR) is 113 cm³/mol. The smallest absolute Gasteiger partial charge is 0.338 e. The van der Waals surface area contributed by atoms with Crippen molar-refractivity contribution in [2.24, 2.45) is 0 Å². The molecule has 0 fully saturated rings. The summed E-state index contributed by atoms with van der Waals surface area (Å²) in [5.74, 6) is -0.461. The number of tetrazole rings is 1. The molecule has 0 aliphatic heterocycles. The van der Waals surface area contributed by atoms with Crippen molar-refractivity contribution in [3.63, 3.8) is 0 Å². The predicted octanol–water partition coefficient (Wildman–Crippen LogP) is 3.81. The molecule has 0 saturated carbocycles. The van der Waals surface area contributed by atoms with E-state index in [0.29, 0.717) is 27.7 Å². The van der Waals surface area contributed by atoms with Crippen LogP contribution in [-0.4, -0.2) is 38.2 Å². The number of hydrogen-bond acceptors (Lipinski definition) is 6. The fourth-order valence-electron chi connectivity index (χ4n) is 2.87. The van der Waals surface area contributed by atoms with Crippen molar-refractivity contribution in [1.82, 2.24) is 20.2 Å². The summed E-state index contributed by atoms with van der Waals surface area (Å²) >= 11 is 6.23. The number of carbonyl (C=O) groups is 2. The molecule has 0 spiro atoms. The van der Waals surface area contributed by atoms with Crippen LogP contribution >= 0.6 is 11.6 Å². The maximum absolute atomic E-state index is 12.4. The number of hydrogen-bond donors (Lipinski definition) is 1. The number of benzene rings is 2. The van der Waals surface area contributed by atoms with Gasteiger partial charge in [-0.1, -0.05) is 29.8 Å². The van der Waals surface area contributed by atoms with Crippen molar-refractivity contribution < 1.29 is 14.3 Å². The summed E-state index contributed by atoms with van der Waals surface area (Å²) in [6.07, 6.45) is -0.218. The fraction of sp³-hybridized carbons (Fsp3) is 0.286. The molecule has 1 aromatic heterocycles. The molecular weight excluding hydrogens is 406 g/mol. The lowest BCUT2D eigenvalue weighted by atomic mass is 10.1. The molecule has 1 heterocycles. The van der Waals surface area contributed by atoms with Crippen molar-refractivity contribution in [2.75, 3.05) is 5.32 Å². The molecule has 0 bridgehead atoms. The average molecular weight is 428 g/mol. The van der Waals surface area contributed by atoms with Crippen molar-refractivity contribution >= 4 is 29.2 Å². The maximum atomic E-state index is 12.4. The van der Waals surface area contributed by atoms with E-state index in [4.69, 9.17) is 16.3 Å². The van der Waals surface area contributed by atoms with Gasteiger partial charge in [-0.3, -0.25) is 4.79 Å². The minimum Gasteiger partial charge on any atom is -0.459 e. The molecule has 0 aliphatic carbocycles. The molecule has 1 N–H and O–H groups in total. The number of nitrogens with zero attached hydrogens (tertiary/aromatic N) is 4. The second-order valence-corrected chi connectivity index (χ2v) is 7.57. The number of ether oxygens (including phenoxy) is 1. The van der Waals surface area contributed by atoms with Gasteiger partial charge in [-0.25, -0.2) is 4.79 Å². The number of nitrogens with one attached hydrogen (secondary N) is 1. The number of rotatable bonds is 6. The number of aromatic nitrogens is 4. The Morgan fingerprint density at radius 3 is 2.67 bits per heavy atom. The van der Waals surface area contributed by atoms with Gasteiger partial charge in [0.15, 0.2) is 0 Å². The fourth-order valence-corrected chi connectivity index (χ4v) is 3.24. The molecule has 0 aliphatic rings. The van der Waals surface area contributed by atoms with Crippen LogP contribution < -0.4 is 5.32 Å². The van der Waals surface area contributed by atoms with Crippen molar-refractivity contribution in [2.45, 2.75) is 40.3 Å². The van der Waals surface area contributed by atoms with Crippen LogP contribution in [-0.2, 0) is 16.1 Å². The van der Waals surface area contributed by atoms with Gasteiger partial charge in [0.1, 0.15) is 6.54 Å². The van der Waals surface area contributed by atoms with Gasteiger partial charge < -0.3 is 10.1 Å². The summed E-state index contributed by atoms with van der Waals surface area (Å²) in [7, 11) is 0. The normalized spacial score (nSPS) is 10.9. The SMILES string of the molecule is Cc1cc(C)c(NC(=O)Cn2nnc(-c3cccc(C(=O)OC(C)C)c3)n2)c(Cl)c1. The Bertz CT molecular complexity index is 1070. The first-order valence-electron chi connectivity index (χ1n) is 9.38. The van der Waals surface area contributed by atoms with E-state index in [1.165, 1.54) is 4.80 Å². The number of amides is 1. The molecule has 8 nitrogen and oxygen atoms in total. The Hall–Kier alpha value is -3.26. The van der Waals surface area contributed by atoms with E-state index >= 15 is 0 Å². The minimum absolute atomic E-state index is 0.133. The van der Waals surface area contributed by atoms with Gasteiger partial charge in [-0.2, -0.15) is 4.80 Å². The Morgan fingerprint density at radius 2 is 1.97 bits per heavy atom. The highest BCUT2D eigenvalue weighted by atomic mass is 35.5. The number of anilines is 1. The summed E-state index contributed by atoms with van der Waals surface area (Å²) in [5.41, 5.74) is 3.42. The third-order valence-electron chi connectivity index (χ3n) is 4.13. The summed E-state index contributed by atoms with van der Waals surface area (Å²) in [6, 6.07) is 10.5. The van der Waals surface area contributed by atoms with E-state index in [2.05, 4.69) is 20.7 Å². The molecule has 3 aromatic rings. The zero-order valence-corrected chi connectivity index (χ0v) is 17.9. The molecule has 3 rings (SSSR count). The summed E-state index contributed by atoms with van der Waals surface area (Å²) in [5, 5.41) is 15.4. The molecule has 2 aromatic carbocycles. The molecule has 30 heavy (non-hydrogen) atoms. The Labute approximate surface area is 179 Å². The zero-order chi connectivity index (χ0) is 21.8. The second kappa shape index (κ2) is 9.04. The molecule has 9 heteroatoms. The van der Waals surface area contributed by atoms with Gasteiger partial charge >= 0.3 is 5.97 Å². The highest BCUT2D eigenvalue weighted by molar-refractivity contribution is 6.34. The van der Waals surface area contributed by atoms with Crippen LogP contribution in [0, 0.1) is 13.8 Å². The third-order valence-corrected chi connectivity index (χ3v) is 4.43. The molecule has 0 saturated heterocycles. The zero-order valence-electron chi connectivity index (χ0n) is 17.1. The van der Waals surface area contributed by atoms with Crippen LogP contribution in [0.1, 0.15) is 35.3 Å². The lowest BCUT2D eigenvalue weighted by Gasteiger charge is -2.11. The largest absolute Gasteiger partial charge is 0.459 e. The van der Waals surface area contributed by atoms with Gasteiger partial charge in [-0.05, 0) is 62.2 Å². The first-order valence-corrected chi connectivity index (χ1v) is 9.76. The molecule has 0 radical (unpaired) electrons. The van der Waals surface area contributed by atoms with E-state index in [1.807, 2.05) is 19.9 Å². The molecular formula is C21H22ClN5O3. The van der Waals surface area contributed by atoms with Crippen LogP contribution in [0.2, 0.25) is 5.02 Å². The lowest BCUT2D eigenvalue weighted by molar-refractivity contribution is -0.117. The minimum atomic E-state index is -0.427. The van der Waals surface area contributed by atoms with E-state index in [-0.39, 0.29) is 18.6 Å². The molecule has 156 valence electrons. The number of esters is 1. The van der Waals surface area contributed by atoms with E-state index in [1.54, 1.807) is 44.2 Å². The standard InChI is InChI=1S/C21H22ClN5O3/c1-12(2)30-21(29)16-7-5-6-15(10-16)20-24-26-27(25-20)11-18(28)23-19-14(4)8-13(3)9-17(19)22/h5-10,12H,11H2,1-4H3,(H,23,28). The van der Waals surface area contributed by atoms with E-state index < -0.39 is 5.97 Å². The maximum Gasteiger partial charge on any atom is 0.338 e. The Kier molecular flexibility index (Phi) is 6.47. The number of halogens is 1. The van der Waals surface area contributed by atoms with Crippen LogP contribution in [0.3, 0.4) is 0 Å². The first-order chi connectivity index (χ1) is 14.2. The van der Waals surface area contributed by atoms with Gasteiger partial charge in [-0.15, -0.1) is 10.2 Å². The van der Waals surface area contributed by atoms with Gasteiger partial charge in [0.05, 0.1) is 22.4 Å². The summed E-state index contributed by atoms with van der Waals surface area (Å²) < 4.78 is 5.20. The monoisotopic (exact) mass is 427 g/mol. The van der Waals surface area contributed by atoms with Gasteiger partial charge in [0, 0.05) is 5.56 Å². The molecule has 1 amide bonds. The number of aryl methyl sites for hydroxylation is 2. The quantitative estimate of drug-likeness (QED) is 0.600. The topological polar surface area (TPSA) is 99.0 Å². The van der Waals surface area contributed by atoms with Crippen molar-refractivity contribution in [3.8, 4) is 11.4 Å². The van der Waals surface area contributed by atoms with Crippen LogP contribution in [0.25, 0.3) is 11.4 Å². The summed E-state index contributed by atoms with van der Waals surface area (Å²) in [6.45, 7) is 7.24. The van der Waals surface area contributed by atoms with Gasteiger partial charge in [0.2, 0.25) is 11.7 Å². The van der Waals surface area contributed by atoms with Crippen molar-refractivity contribution in [3.05, 3.63) is 58.1 Å². The third kappa shape index (κ3) is 5.21. The van der Waals surface area contributed by atoms with Crippen LogP contribution in [0.15, 0.2) is 36.4 Å².